The first-order valence-corrected chi connectivity index (χ1v) is 6.02. The number of rotatable bonds is 2. The summed E-state index contributed by atoms with van der Waals surface area (Å²) < 4.78 is 16.6. The van der Waals surface area contributed by atoms with E-state index in [4.69, 9.17) is 14.2 Å². The maximum absolute atomic E-state index is 9.61. The number of aliphatic hydroxyl groups excluding tert-OH is 1. The summed E-state index contributed by atoms with van der Waals surface area (Å²) in [5.41, 5.74) is 0.845. The van der Waals surface area contributed by atoms with E-state index < -0.39 is 6.10 Å². The van der Waals surface area contributed by atoms with E-state index in [0.29, 0.717) is 13.2 Å². The van der Waals surface area contributed by atoms with Gasteiger partial charge in [-0.2, -0.15) is 0 Å². The first-order chi connectivity index (χ1) is 8.33. The first-order valence-electron chi connectivity index (χ1n) is 6.02. The minimum atomic E-state index is -0.503. The van der Waals surface area contributed by atoms with E-state index in [9.17, 15) is 5.11 Å². The largest absolute Gasteiger partial charge is 0.490 e. The Hall–Kier alpha value is -1.26. The van der Waals surface area contributed by atoms with Gasteiger partial charge in [-0.15, -0.1) is 0 Å². The van der Waals surface area contributed by atoms with Crippen molar-refractivity contribution in [1.29, 1.82) is 0 Å². The van der Waals surface area contributed by atoms with Crippen LogP contribution in [0.5, 0.6) is 11.5 Å². The van der Waals surface area contributed by atoms with Gasteiger partial charge in [0, 0.05) is 18.2 Å². The maximum Gasteiger partial charge on any atom is 0.129 e. The first kappa shape index (κ1) is 10.9. The predicted molar refractivity (Wildman–Crippen MR) is 61.4 cm³/mol. The molecule has 2 heterocycles. The molecule has 0 aromatic heterocycles. The van der Waals surface area contributed by atoms with Crippen LogP contribution in [0.15, 0.2) is 18.2 Å². The molecule has 2 unspecified atom stereocenters. The van der Waals surface area contributed by atoms with Crippen molar-refractivity contribution in [3.8, 4) is 11.5 Å². The molecule has 2 aliphatic heterocycles. The SMILES string of the molecule is OC1COc2cc(OC3CCCOC3)ccc21. The number of fused-ring (bicyclic) bond motifs is 1. The Kier molecular flexibility index (Phi) is 2.91. The fraction of sp³-hybridized carbons (Fsp3) is 0.538. The van der Waals surface area contributed by atoms with Gasteiger partial charge in [-0.1, -0.05) is 0 Å². The van der Waals surface area contributed by atoms with Gasteiger partial charge in [0.25, 0.3) is 0 Å². The summed E-state index contributed by atoms with van der Waals surface area (Å²) in [5.74, 6) is 1.51. The van der Waals surface area contributed by atoms with Crippen molar-refractivity contribution in [3.05, 3.63) is 23.8 Å². The Morgan fingerprint density at radius 2 is 2.24 bits per heavy atom. The third-order valence-electron chi connectivity index (χ3n) is 3.16. The molecule has 2 aliphatic rings. The molecule has 17 heavy (non-hydrogen) atoms. The van der Waals surface area contributed by atoms with E-state index in [2.05, 4.69) is 0 Å². The lowest BCUT2D eigenvalue weighted by Gasteiger charge is -2.23. The Morgan fingerprint density at radius 3 is 3.06 bits per heavy atom. The third kappa shape index (κ3) is 2.23. The van der Waals surface area contributed by atoms with Gasteiger partial charge in [-0.25, -0.2) is 0 Å². The van der Waals surface area contributed by atoms with Crippen molar-refractivity contribution in [2.24, 2.45) is 0 Å². The molecule has 1 N–H and O–H groups in total. The molecule has 1 saturated heterocycles. The van der Waals surface area contributed by atoms with Crippen LogP contribution in [-0.2, 0) is 4.74 Å². The molecule has 1 aromatic rings. The van der Waals surface area contributed by atoms with Crippen molar-refractivity contribution in [2.45, 2.75) is 25.0 Å². The van der Waals surface area contributed by atoms with Crippen molar-refractivity contribution >= 4 is 0 Å². The van der Waals surface area contributed by atoms with Gasteiger partial charge in [0.2, 0.25) is 0 Å². The summed E-state index contributed by atoms with van der Waals surface area (Å²) in [4.78, 5) is 0. The minimum Gasteiger partial charge on any atom is -0.490 e. The average molecular weight is 236 g/mol. The van der Waals surface area contributed by atoms with Crippen LogP contribution in [-0.4, -0.2) is 31.0 Å². The number of ether oxygens (including phenoxy) is 3. The molecule has 0 spiro atoms. The van der Waals surface area contributed by atoms with E-state index in [0.717, 1.165) is 36.5 Å². The molecule has 0 amide bonds. The van der Waals surface area contributed by atoms with Crippen LogP contribution in [0.3, 0.4) is 0 Å². The van der Waals surface area contributed by atoms with Crippen LogP contribution in [0, 0.1) is 0 Å². The highest BCUT2D eigenvalue weighted by atomic mass is 16.5. The number of benzene rings is 1. The smallest absolute Gasteiger partial charge is 0.129 e. The highest BCUT2D eigenvalue weighted by Gasteiger charge is 2.23. The second-order valence-corrected chi connectivity index (χ2v) is 4.48. The fourth-order valence-corrected chi connectivity index (χ4v) is 2.24. The van der Waals surface area contributed by atoms with Crippen molar-refractivity contribution < 1.29 is 19.3 Å². The molecular formula is C13H16O4. The lowest BCUT2D eigenvalue weighted by atomic mass is 10.1. The zero-order valence-corrected chi connectivity index (χ0v) is 9.59. The monoisotopic (exact) mass is 236 g/mol. The highest BCUT2D eigenvalue weighted by Crippen LogP contribution is 2.35. The van der Waals surface area contributed by atoms with Crippen LogP contribution >= 0.6 is 0 Å². The average Bonchev–Trinajstić information content (AvgIpc) is 2.72. The van der Waals surface area contributed by atoms with Crippen LogP contribution in [0.2, 0.25) is 0 Å². The second kappa shape index (κ2) is 4.55. The molecule has 1 aromatic carbocycles. The van der Waals surface area contributed by atoms with Gasteiger partial charge in [-0.05, 0) is 25.0 Å². The van der Waals surface area contributed by atoms with Crippen molar-refractivity contribution in [2.75, 3.05) is 19.8 Å². The summed E-state index contributed by atoms with van der Waals surface area (Å²) in [6.45, 7) is 1.82. The van der Waals surface area contributed by atoms with Gasteiger partial charge in [-0.3, -0.25) is 0 Å². The van der Waals surface area contributed by atoms with E-state index in [-0.39, 0.29) is 6.10 Å². The lowest BCUT2D eigenvalue weighted by molar-refractivity contribution is 0.00736. The van der Waals surface area contributed by atoms with E-state index >= 15 is 0 Å². The van der Waals surface area contributed by atoms with Gasteiger partial charge in [0.15, 0.2) is 0 Å². The molecule has 0 aliphatic carbocycles. The summed E-state index contributed by atoms with van der Waals surface area (Å²) in [5, 5.41) is 9.61. The Balaban J connectivity index is 1.71. The zero-order valence-electron chi connectivity index (χ0n) is 9.59. The zero-order chi connectivity index (χ0) is 11.7. The van der Waals surface area contributed by atoms with Gasteiger partial charge in [0.1, 0.15) is 30.3 Å². The molecule has 1 fully saturated rings. The summed E-state index contributed by atoms with van der Waals surface area (Å²) in [6, 6.07) is 5.59. The minimum absolute atomic E-state index is 0.133. The molecule has 92 valence electrons. The van der Waals surface area contributed by atoms with E-state index in [1.807, 2.05) is 18.2 Å². The van der Waals surface area contributed by atoms with Crippen molar-refractivity contribution in [1.82, 2.24) is 0 Å². The number of aliphatic hydroxyl groups is 1. The van der Waals surface area contributed by atoms with Crippen LogP contribution in [0.4, 0.5) is 0 Å². The molecule has 0 saturated carbocycles. The van der Waals surface area contributed by atoms with Crippen LogP contribution in [0.1, 0.15) is 24.5 Å². The summed E-state index contributed by atoms with van der Waals surface area (Å²) in [6.07, 6.45) is 1.70. The fourth-order valence-electron chi connectivity index (χ4n) is 2.24. The number of hydrogen-bond donors (Lipinski definition) is 1. The molecule has 4 heteroatoms. The second-order valence-electron chi connectivity index (χ2n) is 4.48. The van der Waals surface area contributed by atoms with Gasteiger partial charge < -0.3 is 19.3 Å². The van der Waals surface area contributed by atoms with Gasteiger partial charge in [0.05, 0.1) is 6.61 Å². The Morgan fingerprint density at radius 1 is 1.29 bits per heavy atom. The predicted octanol–water partition coefficient (Wildman–Crippen LogP) is 1.67. The van der Waals surface area contributed by atoms with Gasteiger partial charge >= 0.3 is 0 Å². The normalized spacial score (nSPS) is 27.4. The van der Waals surface area contributed by atoms with E-state index in [1.165, 1.54) is 0 Å². The van der Waals surface area contributed by atoms with E-state index in [1.54, 1.807) is 0 Å². The Labute approximate surface area is 100 Å². The summed E-state index contributed by atoms with van der Waals surface area (Å²) in [7, 11) is 0. The molecule has 3 rings (SSSR count). The molecule has 2 atom stereocenters. The Bertz CT molecular complexity index is 398. The van der Waals surface area contributed by atoms with Crippen LogP contribution < -0.4 is 9.47 Å². The molecular weight excluding hydrogens is 220 g/mol. The molecule has 0 bridgehead atoms. The van der Waals surface area contributed by atoms with Crippen molar-refractivity contribution in [3.63, 3.8) is 0 Å². The maximum atomic E-state index is 9.61. The quantitative estimate of drug-likeness (QED) is 0.848. The topological polar surface area (TPSA) is 47.9 Å². The molecule has 4 nitrogen and oxygen atoms in total. The summed E-state index contributed by atoms with van der Waals surface area (Å²) >= 11 is 0. The third-order valence-corrected chi connectivity index (χ3v) is 3.16. The lowest BCUT2D eigenvalue weighted by Crippen LogP contribution is -2.27. The standard InChI is InChI=1S/C13H16O4/c14-12-8-16-13-6-9(3-4-11(12)13)17-10-2-1-5-15-7-10/h3-4,6,10,12,14H,1-2,5,7-8H2. The highest BCUT2D eigenvalue weighted by molar-refractivity contribution is 5.44. The number of hydrogen-bond acceptors (Lipinski definition) is 4. The molecule has 0 radical (unpaired) electrons. The van der Waals surface area contributed by atoms with Crippen LogP contribution in [0.25, 0.3) is 0 Å².